The molecule has 0 bridgehead atoms. The van der Waals surface area contributed by atoms with Gasteiger partial charge in [-0.25, -0.2) is 21.5 Å². The molecule has 0 aromatic heterocycles. The first-order chi connectivity index (χ1) is 9.56. The molecule has 0 saturated carbocycles. The van der Waals surface area contributed by atoms with Gasteiger partial charge in [-0.15, -0.1) is 0 Å². The van der Waals surface area contributed by atoms with Gasteiger partial charge < -0.3 is 9.47 Å². The average Bonchev–Trinajstić information content (AvgIpc) is 2.83. The van der Waals surface area contributed by atoms with Gasteiger partial charge in [-0.05, 0) is 6.92 Å². The molecule has 3 fully saturated rings. The van der Waals surface area contributed by atoms with Crippen molar-refractivity contribution in [2.24, 2.45) is 0 Å². The van der Waals surface area contributed by atoms with E-state index >= 15 is 0 Å². The molecule has 2 atom stereocenters. The van der Waals surface area contributed by atoms with Crippen LogP contribution in [-0.2, 0) is 47.0 Å². The molecule has 1 spiro atoms. The molecule has 13 heteroatoms. The molecule has 11 nitrogen and oxygen atoms in total. The summed E-state index contributed by atoms with van der Waals surface area (Å²) in [7, 11) is -8.42. The molecule has 0 aromatic rings. The molecule has 0 N–H and O–H groups in total. The van der Waals surface area contributed by atoms with Crippen molar-refractivity contribution in [2.45, 2.75) is 24.2 Å². The van der Waals surface area contributed by atoms with Gasteiger partial charge in [0, 0.05) is 0 Å². The van der Waals surface area contributed by atoms with E-state index in [9.17, 15) is 21.6 Å². The van der Waals surface area contributed by atoms with Crippen LogP contribution in [0, 0.1) is 0 Å². The lowest BCUT2D eigenvalue weighted by molar-refractivity contribution is -0.122. The number of ether oxygens (including phenoxy) is 2. The van der Waals surface area contributed by atoms with Crippen molar-refractivity contribution in [3.63, 3.8) is 0 Å². The van der Waals surface area contributed by atoms with E-state index in [1.807, 2.05) is 0 Å². The Morgan fingerprint density at radius 1 is 1.00 bits per heavy atom. The third-order valence-electron chi connectivity index (χ3n) is 3.21. The average molecular weight is 346 g/mol. The van der Waals surface area contributed by atoms with E-state index in [4.69, 9.17) is 13.7 Å². The summed E-state index contributed by atoms with van der Waals surface area (Å²) in [6.45, 7) is -0.310. The van der Waals surface area contributed by atoms with Gasteiger partial charge in [0.05, 0.1) is 0 Å². The summed E-state index contributed by atoms with van der Waals surface area (Å²) >= 11 is 0. The van der Waals surface area contributed by atoms with Crippen LogP contribution in [0.1, 0.15) is 6.92 Å². The number of rotatable bonds is 1. The summed E-state index contributed by atoms with van der Waals surface area (Å²) in [5, 5.41) is 0. The van der Waals surface area contributed by atoms with Crippen LogP contribution in [0.15, 0.2) is 0 Å². The summed E-state index contributed by atoms with van der Waals surface area (Å²) in [6.07, 6.45) is -2.43. The maximum atomic E-state index is 11.4. The summed E-state index contributed by atoms with van der Waals surface area (Å²) in [5.41, 5.74) is -3.25. The third kappa shape index (κ3) is 2.49. The fraction of sp³-hybridized carbons (Fsp3) is 0.875. The van der Waals surface area contributed by atoms with E-state index in [2.05, 4.69) is 12.5 Å². The second-order valence-electron chi connectivity index (χ2n) is 4.91. The van der Waals surface area contributed by atoms with E-state index in [0.717, 1.165) is 0 Å². The number of carbonyl (C=O) groups excluding carboxylic acids is 1. The molecular weight excluding hydrogens is 336 g/mol. The first-order valence-electron chi connectivity index (χ1n) is 5.59. The zero-order chi connectivity index (χ0) is 15.5. The number of carbonyl (C=O) groups is 1. The zero-order valence-corrected chi connectivity index (χ0v) is 12.1. The fourth-order valence-electron chi connectivity index (χ4n) is 2.35. The van der Waals surface area contributed by atoms with Crippen molar-refractivity contribution in [2.75, 3.05) is 19.8 Å². The van der Waals surface area contributed by atoms with Crippen LogP contribution >= 0.6 is 0 Å². The topological polar surface area (TPSA) is 141 Å². The van der Waals surface area contributed by atoms with Crippen molar-refractivity contribution in [3.05, 3.63) is 0 Å². The summed E-state index contributed by atoms with van der Waals surface area (Å²) < 4.78 is 72.8. The molecule has 3 aliphatic heterocycles. The second-order valence-corrected chi connectivity index (χ2v) is 7.42. The monoisotopic (exact) mass is 346 g/mol. The summed E-state index contributed by atoms with van der Waals surface area (Å²) in [4.78, 5) is 11.4. The van der Waals surface area contributed by atoms with Gasteiger partial charge in [-0.2, -0.15) is 16.8 Å². The van der Waals surface area contributed by atoms with Crippen LogP contribution in [0.3, 0.4) is 0 Å². The highest BCUT2D eigenvalue weighted by Gasteiger charge is 2.66. The van der Waals surface area contributed by atoms with E-state index in [0.29, 0.717) is 0 Å². The normalized spacial score (nSPS) is 39.9. The molecule has 3 aliphatic rings. The van der Waals surface area contributed by atoms with Crippen LogP contribution in [0.5, 0.6) is 0 Å². The van der Waals surface area contributed by atoms with Crippen molar-refractivity contribution in [3.8, 4) is 0 Å². The van der Waals surface area contributed by atoms with Crippen LogP contribution in [0.25, 0.3) is 0 Å². The Morgan fingerprint density at radius 3 is 2.10 bits per heavy atom. The molecule has 0 radical (unpaired) electrons. The molecule has 120 valence electrons. The number of hydrogen-bond acceptors (Lipinski definition) is 11. The van der Waals surface area contributed by atoms with E-state index < -0.39 is 64.1 Å². The molecule has 0 aliphatic carbocycles. The van der Waals surface area contributed by atoms with Gasteiger partial charge in [0.15, 0.2) is 11.7 Å². The Bertz CT molecular complexity index is 665. The predicted molar refractivity (Wildman–Crippen MR) is 59.3 cm³/mol. The van der Waals surface area contributed by atoms with E-state index in [1.165, 1.54) is 6.92 Å². The molecule has 3 rings (SSSR count). The Kier molecular flexibility index (Phi) is 3.03. The van der Waals surface area contributed by atoms with Gasteiger partial charge in [-0.1, -0.05) is 0 Å². The van der Waals surface area contributed by atoms with Crippen LogP contribution in [0.2, 0.25) is 0 Å². The minimum Gasteiger partial charge on any atom is -0.423 e. The Balaban J connectivity index is 1.92. The maximum absolute atomic E-state index is 11.4. The predicted octanol–water partition coefficient (Wildman–Crippen LogP) is -1.40. The van der Waals surface area contributed by atoms with Crippen LogP contribution in [-0.4, -0.2) is 60.1 Å². The molecule has 2 unspecified atom stereocenters. The highest BCUT2D eigenvalue weighted by atomic mass is 32.3. The Labute approximate surface area is 119 Å². The molecule has 0 amide bonds. The van der Waals surface area contributed by atoms with E-state index in [1.54, 1.807) is 0 Å². The Hall–Kier alpha value is -0.990. The van der Waals surface area contributed by atoms with E-state index in [-0.39, 0.29) is 0 Å². The second kappa shape index (κ2) is 4.27. The summed E-state index contributed by atoms with van der Waals surface area (Å²) in [6, 6.07) is 0. The lowest BCUT2D eigenvalue weighted by Crippen LogP contribution is -2.61. The van der Waals surface area contributed by atoms with Crippen molar-refractivity contribution < 1.29 is 47.8 Å². The van der Waals surface area contributed by atoms with Gasteiger partial charge in [0.2, 0.25) is 5.60 Å². The first kappa shape index (κ1) is 14.9. The highest BCUT2D eigenvalue weighted by molar-refractivity contribution is 7.82. The van der Waals surface area contributed by atoms with Crippen molar-refractivity contribution >= 4 is 27.0 Å². The van der Waals surface area contributed by atoms with Crippen molar-refractivity contribution in [1.82, 2.24) is 0 Å². The fourth-order valence-corrected chi connectivity index (χ4v) is 4.13. The minimum absolute atomic E-state index is 0.439. The number of hydrogen-bond donors (Lipinski definition) is 0. The Morgan fingerprint density at radius 2 is 1.57 bits per heavy atom. The minimum atomic E-state index is -4.23. The quantitative estimate of drug-likeness (QED) is 0.518. The van der Waals surface area contributed by atoms with Gasteiger partial charge in [-0.3, -0.25) is 0 Å². The molecule has 21 heavy (non-hydrogen) atoms. The zero-order valence-electron chi connectivity index (χ0n) is 10.5. The lowest BCUT2D eigenvalue weighted by atomic mass is 9.86. The van der Waals surface area contributed by atoms with Gasteiger partial charge in [0.25, 0.3) is 0 Å². The van der Waals surface area contributed by atoms with Crippen LogP contribution < -0.4 is 0 Å². The summed E-state index contributed by atoms with van der Waals surface area (Å²) in [5.74, 6) is 0. The number of cyclic esters (lactones) is 1. The first-order valence-corrected chi connectivity index (χ1v) is 8.26. The molecule has 3 saturated heterocycles. The maximum Gasteiger partial charge on any atom is 0.509 e. The SMILES string of the molecule is CC1(C2OC(=O)OC23COS(=O)(=O)OC3)COS(=O)(=O)O1. The van der Waals surface area contributed by atoms with Crippen molar-refractivity contribution in [1.29, 1.82) is 0 Å². The lowest BCUT2D eigenvalue weighted by Gasteiger charge is -2.37. The highest BCUT2D eigenvalue weighted by Crippen LogP contribution is 2.42. The molecule has 0 aromatic carbocycles. The third-order valence-corrected chi connectivity index (χ3v) is 5.02. The largest absolute Gasteiger partial charge is 0.509 e. The smallest absolute Gasteiger partial charge is 0.423 e. The van der Waals surface area contributed by atoms with Gasteiger partial charge in [0.1, 0.15) is 19.8 Å². The standard InChI is InChI=1S/C8H10O11S2/c1-7(2-14-21(12,13)19-7)5-8(18-6(9)17-5)3-15-20(10,11)16-4-8/h5H,2-4H2,1H3. The van der Waals surface area contributed by atoms with Gasteiger partial charge >= 0.3 is 27.0 Å². The van der Waals surface area contributed by atoms with Crippen LogP contribution in [0.4, 0.5) is 4.79 Å². The molecule has 3 heterocycles. The molecular formula is C8H10O11S2.